The van der Waals surface area contributed by atoms with Gasteiger partial charge in [-0.15, -0.1) is 0 Å². The highest BCUT2D eigenvalue weighted by atomic mass is 16.5. The van der Waals surface area contributed by atoms with Crippen LogP contribution in [0.5, 0.6) is 5.75 Å². The summed E-state index contributed by atoms with van der Waals surface area (Å²) >= 11 is 0. The van der Waals surface area contributed by atoms with E-state index in [-0.39, 0.29) is 6.61 Å². The van der Waals surface area contributed by atoms with Crippen molar-refractivity contribution >= 4 is 5.91 Å². The molecule has 1 aliphatic heterocycles. The molecule has 0 saturated carbocycles. The van der Waals surface area contributed by atoms with Crippen LogP contribution >= 0.6 is 0 Å². The molecule has 5 heteroatoms. The Morgan fingerprint density at radius 2 is 2.21 bits per heavy atom. The van der Waals surface area contributed by atoms with E-state index >= 15 is 0 Å². The van der Waals surface area contributed by atoms with Gasteiger partial charge in [0.05, 0.1) is 6.61 Å². The predicted octanol–water partition coefficient (Wildman–Crippen LogP) is 0.677. The van der Waals surface area contributed by atoms with Crippen LogP contribution in [0.25, 0.3) is 0 Å². The molecule has 1 amide bonds. The number of carbonyl (C=O) groups excluding carboxylic acids is 1. The summed E-state index contributed by atoms with van der Waals surface area (Å²) in [4.78, 5) is 10.6. The zero-order chi connectivity index (χ0) is 13.5. The normalized spacial score (nSPS) is 18.4. The number of hydrogen-bond donors (Lipinski definition) is 2. The van der Waals surface area contributed by atoms with E-state index < -0.39 is 5.91 Å². The maximum absolute atomic E-state index is 10.6. The molecule has 5 nitrogen and oxygen atoms in total. The first kappa shape index (κ1) is 13.8. The van der Waals surface area contributed by atoms with Gasteiger partial charge in [-0.05, 0) is 30.0 Å². The molecule has 0 bridgehead atoms. The van der Waals surface area contributed by atoms with Crippen molar-refractivity contribution in [3.8, 4) is 5.75 Å². The van der Waals surface area contributed by atoms with E-state index in [1.54, 1.807) is 0 Å². The second-order valence-corrected chi connectivity index (χ2v) is 4.76. The maximum Gasteiger partial charge on any atom is 0.255 e. The fourth-order valence-electron chi connectivity index (χ4n) is 2.02. The molecule has 1 heterocycles. The molecule has 104 valence electrons. The van der Waals surface area contributed by atoms with Crippen LogP contribution in [0.4, 0.5) is 0 Å². The van der Waals surface area contributed by atoms with Crippen molar-refractivity contribution in [3.63, 3.8) is 0 Å². The van der Waals surface area contributed by atoms with E-state index in [0.717, 1.165) is 32.7 Å². The van der Waals surface area contributed by atoms with Crippen molar-refractivity contribution in [1.82, 2.24) is 5.32 Å². The number of primary amides is 1. The van der Waals surface area contributed by atoms with Gasteiger partial charge in [0.2, 0.25) is 0 Å². The standard InChI is InChI=1S/C14H20N2O3/c15-14(17)10-19-13-3-1-11(2-4-13)7-16-8-12-5-6-18-9-12/h1-4,12,16H,5-10H2,(H2,15,17). The number of nitrogens with one attached hydrogen (secondary N) is 1. The molecule has 0 aromatic heterocycles. The van der Waals surface area contributed by atoms with Crippen LogP contribution in [0.3, 0.4) is 0 Å². The van der Waals surface area contributed by atoms with Crippen molar-refractivity contribution in [2.45, 2.75) is 13.0 Å². The second-order valence-electron chi connectivity index (χ2n) is 4.76. The highest BCUT2D eigenvalue weighted by molar-refractivity contribution is 5.75. The number of amides is 1. The third kappa shape index (κ3) is 4.89. The Bertz CT molecular complexity index is 400. The van der Waals surface area contributed by atoms with Gasteiger partial charge in [-0.25, -0.2) is 0 Å². The monoisotopic (exact) mass is 264 g/mol. The molecule has 1 unspecified atom stereocenters. The molecule has 0 spiro atoms. The number of ether oxygens (including phenoxy) is 2. The fraction of sp³-hybridized carbons (Fsp3) is 0.500. The molecule has 1 saturated heterocycles. The predicted molar refractivity (Wildman–Crippen MR) is 71.8 cm³/mol. The van der Waals surface area contributed by atoms with Crippen molar-refractivity contribution in [2.24, 2.45) is 11.7 Å². The lowest BCUT2D eigenvalue weighted by atomic mass is 10.1. The van der Waals surface area contributed by atoms with Gasteiger partial charge in [-0.1, -0.05) is 12.1 Å². The minimum Gasteiger partial charge on any atom is -0.484 e. The molecular weight excluding hydrogens is 244 g/mol. The molecule has 1 aromatic carbocycles. The SMILES string of the molecule is NC(=O)COc1ccc(CNCC2CCOC2)cc1. The van der Waals surface area contributed by atoms with E-state index in [4.69, 9.17) is 15.2 Å². The topological polar surface area (TPSA) is 73.6 Å². The zero-order valence-electron chi connectivity index (χ0n) is 10.9. The van der Waals surface area contributed by atoms with Crippen LogP contribution in [-0.2, 0) is 16.1 Å². The molecule has 1 aromatic rings. The summed E-state index contributed by atoms with van der Waals surface area (Å²) in [5, 5.41) is 3.42. The third-order valence-corrected chi connectivity index (χ3v) is 3.09. The Morgan fingerprint density at radius 1 is 1.42 bits per heavy atom. The average molecular weight is 264 g/mol. The molecule has 1 aliphatic rings. The Balaban J connectivity index is 1.70. The van der Waals surface area contributed by atoms with Gasteiger partial charge in [0.25, 0.3) is 5.91 Å². The summed E-state index contributed by atoms with van der Waals surface area (Å²) in [5.41, 5.74) is 6.20. The first-order valence-electron chi connectivity index (χ1n) is 6.52. The van der Waals surface area contributed by atoms with Crippen LogP contribution in [0.2, 0.25) is 0 Å². The van der Waals surface area contributed by atoms with Gasteiger partial charge in [-0.3, -0.25) is 4.79 Å². The van der Waals surface area contributed by atoms with Crippen molar-refractivity contribution in [3.05, 3.63) is 29.8 Å². The van der Waals surface area contributed by atoms with Gasteiger partial charge in [0.15, 0.2) is 6.61 Å². The summed E-state index contributed by atoms with van der Waals surface area (Å²) in [7, 11) is 0. The van der Waals surface area contributed by atoms with Gasteiger partial charge >= 0.3 is 0 Å². The van der Waals surface area contributed by atoms with Crippen LogP contribution in [-0.4, -0.2) is 32.3 Å². The van der Waals surface area contributed by atoms with Gasteiger partial charge in [0, 0.05) is 19.7 Å². The summed E-state index contributed by atoms with van der Waals surface area (Å²) < 4.78 is 10.5. The van der Waals surface area contributed by atoms with E-state index in [2.05, 4.69) is 5.32 Å². The van der Waals surface area contributed by atoms with Crippen LogP contribution < -0.4 is 15.8 Å². The Hall–Kier alpha value is -1.59. The highest BCUT2D eigenvalue weighted by Gasteiger charge is 2.14. The second kappa shape index (κ2) is 7.11. The maximum atomic E-state index is 10.6. The van der Waals surface area contributed by atoms with Crippen LogP contribution in [0.15, 0.2) is 24.3 Å². The first-order valence-corrected chi connectivity index (χ1v) is 6.52. The highest BCUT2D eigenvalue weighted by Crippen LogP contribution is 2.13. The van der Waals surface area contributed by atoms with E-state index in [1.807, 2.05) is 24.3 Å². The summed E-state index contributed by atoms with van der Waals surface area (Å²) in [5.74, 6) is 0.828. The quantitative estimate of drug-likeness (QED) is 0.759. The van der Waals surface area contributed by atoms with Crippen molar-refractivity contribution in [2.75, 3.05) is 26.4 Å². The van der Waals surface area contributed by atoms with Crippen LogP contribution in [0.1, 0.15) is 12.0 Å². The van der Waals surface area contributed by atoms with Gasteiger partial charge < -0.3 is 20.5 Å². The lowest BCUT2D eigenvalue weighted by Gasteiger charge is -2.10. The van der Waals surface area contributed by atoms with Crippen molar-refractivity contribution in [1.29, 1.82) is 0 Å². The molecule has 1 fully saturated rings. The lowest BCUT2D eigenvalue weighted by molar-refractivity contribution is -0.119. The van der Waals surface area contributed by atoms with E-state index in [1.165, 1.54) is 5.56 Å². The molecule has 0 aliphatic carbocycles. The summed E-state index contributed by atoms with van der Waals surface area (Å²) in [6.45, 7) is 3.48. The van der Waals surface area contributed by atoms with Gasteiger partial charge in [-0.2, -0.15) is 0 Å². The number of nitrogens with two attached hydrogens (primary N) is 1. The summed E-state index contributed by atoms with van der Waals surface area (Å²) in [6.07, 6.45) is 1.15. The average Bonchev–Trinajstić information content (AvgIpc) is 2.91. The smallest absolute Gasteiger partial charge is 0.255 e. The summed E-state index contributed by atoms with van der Waals surface area (Å²) in [6, 6.07) is 7.65. The lowest BCUT2D eigenvalue weighted by Crippen LogP contribution is -2.22. The number of hydrogen-bond acceptors (Lipinski definition) is 4. The van der Waals surface area contributed by atoms with Gasteiger partial charge in [0.1, 0.15) is 5.75 Å². The minimum atomic E-state index is -0.468. The first-order chi connectivity index (χ1) is 9.24. The number of rotatable bonds is 7. The van der Waals surface area contributed by atoms with Crippen molar-refractivity contribution < 1.29 is 14.3 Å². The van der Waals surface area contributed by atoms with E-state index in [9.17, 15) is 4.79 Å². The Kier molecular flexibility index (Phi) is 5.18. The molecule has 19 heavy (non-hydrogen) atoms. The molecule has 3 N–H and O–H groups in total. The molecular formula is C14H20N2O3. The largest absolute Gasteiger partial charge is 0.484 e. The molecule has 0 radical (unpaired) electrons. The minimum absolute atomic E-state index is 0.0841. The molecule has 2 rings (SSSR count). The Morgan fingerprint density at radius 3 is 2.84 bits per heavy atom. The number of carbonyl (C=O) groups is 1. The molecule has 1 atom stereocenters. The Labute approximate surface area is 113 Å². The zero-order valence-corrected chi connectivity index (χ0v) is 10.9. The van der Waals surface area contributed by atoms with E-state index in [0.29, 0.717) is 11.7 Å². The van der Waals surface area contributed by atoms with Crippen LogP contribution in [0, 0.1) is 5.92 Å². The third-order valence-electron chi connectivity index (χ3n) is 3.09. The number of benzene rings is 1. The fourth-order valence-corrected chi connectivity index (χ4v) is 2.02.